The van der Waals surface area contributed by atoms with Gasteiger partial charge in [-0.15, -0.1) is 0 Å². The Morgan fingerprint density at radius 2 is 1.88 bits per heavy atom. The number of carboxylic acids is 1. The number of imide groups is 1. The minimum Gasteiger partial charge on any atom is -0.479 e. The van der Waals surface area contributed by atoms with Crippen molar-refractivity contribution < 1.29 is 37.3 Å². The highest BCUT2D eigenvalue weighted by molar-refractivity contribution is 8.76. The number of unbranched alkanes of at least 4 members (excludes halogenated alkanes) is 1. The van der Waals surface area contributed by atoms with Gasteiger partial charge in [-0.05, 0) is 42.2 Å². The fourth-order valence-corrected chi connectivity index (χ4v) is 6.01. The van der Waals surface area contributed by atoms with Gasteiger partial charge in [-0.2, -0.15) is 8.42 Å². The molecule has 1 aliphatic rings. The summed E-state index contributed by atoms with van der Waals surface area (Å²) in [6.45, 7) is 0.139. The normalized spacial score (nSPS) is 16.1. The lowest BCUT2D eigenvalue weighted by atomic mass is 10.1. The largest absolute Gasteiger partial charge is 0.479 e. The summed E-state index contributed by atoms with van der Waals surface area (Å²) < 4.78 is 33.5. The number of nitrogens with one attached hydrogen (secondary N) is 1. The summed E-state index contributed by atoms with van der Waals surface area (Å²) in [7, 11) is -2.42. The molecule has 14 heteroatoms. The van der Waals surface area contributed by atoms with Gasteiger partial charge >= 0.3 is 16.1 Å². The zero-order valence-corrected chi connectivity index (χ0v) is 19.4. The summed E-state index contributed by atoms with van der Waals surface area (Å²) in [6, 6.07) is 5.52. The van der Waals surface area contributed by atoms with Gasteiger partial charge in [-0.1, -0.05) is 16.9 Å². The smallest absolute Gasteiger partial charge is 0.348 e. The molecular formula is C18H23N3O8S3. The summed E-state index contributed by atoms with van der Waals surface area (Å²) in [5.74, 6) is -3.64. The molecule has 11 nitrogen and oxygen atoms in total. The molecule has 0 bridgehead atoms. The van der Waals surface area contributed by atoms with Crippen molar-refractivity contribution in [3.63, 3.8) is 0 Å². The molecule has 3 amide bonds. The SMILES string of the molecule is O=C(CCSSc1ccccn1)NCCCCC(C(=O)O)(N1C(=O)CCC1=O)S(=O)(=O)O. The van der Waals surface area contributed by atoms with Crippen LogP contribution in [0.15, 0.2) is 29.4 Å². The van der Waals surface area contributed by atoms with Crippen LogP contribution in [0.3, 0.4) is 0 Å². The Labute approximate surface area is 192 Å². The van der Waals surface area contributed by atoms with Gasteiger partial charge in [-0.25, -0.2) is 14.7 Å². The fourth-order valence-electron chi connectivity index (χ4n) is 3.09. The fraction of sp³-hybridized carbons (Fsp3) is 0.500. The number of amides is 3. The second-order valence-electron chi connectivity index (χ2n) is 6.82. The number of pyridine rings is 1. The van der Waals surface area contributed by atoms with Crippen LogP contribution >= 0.6 is 21.6 Å². The van der Waals surface area contributed by atoms with Crippen molar-refractivity contribution >= 4 is 55.4 Å². The third-order valence-corrected chi connectivity index (χ3v) is 8.31. The van der Waals surface area contributed by atoms with Gasteiger partial charge in [0.05, 0.1) is 0 Å². The van der Waals surface area contributed by atoms with Crippen molar-refractivity contribution in [2.24, 2.45) is 0 Å². The first kappa shape index (κ1) is 26.1. The lowest BCUT2D eigenvalue weighted by Crippen LogP contribution is -2.61. The molecule has 0 aliphatic carbocycles. The van der Waals surface area contributed by atoms with E-state index in [0.29, 0.717) is 5.75 Å². The lowest BCUT2D eigenvalue weighted by molar-refractivity contribution is -0.157. The summed E-state index contributed by atoms with van der Waals surface area (Å²) >= 11 is 0. The van der Waals surface area contributed by atoms with E-state index in [4.69, 9.17) is 0 Å². The first-order valence-electron chi connectivity index (χ1n) is 9.63. The number of rotatable bonds is 13. The predicted octanol–water partition coefficient (Wildman–Crippen LogP) is 1.32. The second kappa shape index (κ2) is 11.6. The van der Waals surface area contributed by atoms with E-state index in [9.17, 15) is 37.3 Å². The zero-order chi connectivity index (χ0) is 23.8. The molecule has 3 N–H and O–H groups in total. The van der Waals surface area contributed by atoms with Gasteiger partial charge in [0.25, 0.3) is 4.87 Å². The first-order valence-corrected chi connectivity index (χ1v) is 13.4. The first-order chi connectivity index (χ1) is 15.1. The summed E-state index contributed by atoms with van der Waals surface area (Å²) in [4.78, 5) is 48.9. The average Bonchev–Trinajstić information content (AvgIpc) is 3.06. The van der Waals surface area contributed by atoms with Gasteiger partial charge in [0, 0.05) is 37.8 Å². The highest BCUT2D eigenvalue weighted by Gasteiger charge is 2.60. The molecule has 1 unspecified atom stereocenters. The molecule has 1 aromatic heterocycles. The highest BCUT2D eigenvalue weighted by atomic mass is 33.1. The van der Waals surface area contributed by atoms with E-state index in [1.807, 2.05) is 12.1 Å². The van der Waals surface area contributed by atoms with Gasteiger partial charge in [0.2, 0.25) is 17.7 Å². The molecule has 0 saturated carbocycles. The van der Waals surface area contributed by atoms with Gasteiger partial charge in [0.1, 0.15) is 5.03 Å². The molecule has 1 fully saturated rings. The van der Waals surface area contributed by atoms with E-state index in [1.54, 1.807) is 12.3 Å². The number of nitrogens with zero attached hydrogens (tertiary/aromatic N) is 2. The van der Waals surface area contributed by atoms with Crippen LogP contribution in [0, 0.1) is 0 Å². The van der Waals surface area contributed by atoms with E-state index >= 15 is 0 Å². The molecule has 1 aromatic rings. The van der Waals surface area contributed by atoms with Crippen LogP contribution in [-0.4, -0.2) is 68.8 Å². The molecule has 1 atom stereocenters. The van der Waals surface area contributed by atoms with E-state index in [-0.39, 0.29) is 49.5 Å². The zero-order valence-electron chi connectivity index (χ0n) is 16.9. The molecule has 1 saturated heterocycles. The summed E-state index contributed by atoms with van der Waals surface area (Å²) in [5, 5.41) is 13.0. The molecule has 0 radical (unpaired) electrons. The second-order valence-corrected chi connectivity index (χ2v) is 10.9. The molecule has 2 rings (SSSR count). The molecule has 176 valence electrons. The Kier molecular flexibility index (Phi) is 9.48. The molecule has 0 spiro atoms. The molecular weight excluding hydrogens is 482 g/mol. The van der Waals surface area contributed by atoms with Crippen molar-refractivity contribution in [1.29, 1.82) is 0 Å². The maximum atomic E-state index is 12.0. The number of aliphatic carboxylic acids is 1. The van der Waals surface area contributed by atoms with Crippen LogP contribution < -0.4 is 5.32 Å². The standard InChI is InChI=1S/C18H23N3O8S3/c22-13(8-12-30-31-14-5-1-3-11-20-14)19-10-4-2-9-18(17(25)26,32(27,28)29)21-15(23)6-7-16(21)24/h1,3,5,11H,2,4,6-10,12H2,(H,19,22)(H,25,26)(H,27,28,29). The topological polar surface area (TPSA) is 171 Å². The average molecular weight is 506 g/mol. The molecule has 2 heterocycles. The minimum atomic E-state index is -5.33. The quantitative estimate of drug-likeness (QED) is 0.153. The van der Waals surface area contributed by atoms with E-state index in [0.717, 1.165) is 5.03 Å². The van der Waals surface area contributed by atoms with Crippen LogP contribution in [0.4, 0.5) is 0 Å². The summed E-state index contributed by atoms with van der Waals surface area (Å²) in [6.07, 6.45) is 0.685. The maximum absolute atomic E-state index is 12.0. The molecule has 1 aliphatic heterocycles. The van der Waals surface area contributed by atoms with Crippen LogP contribution in [-0.2, 0) is 29.3 Å². The monoisotopic (exact) mass is 505 g/mol. The Hall–Kier alpha value is -2.16. The third-order valence-electron chi connectivity index (χ3n) is 4.63. The van der Waals surface area contributed by atoms with Gasteiger partial charge < -0.3 is 10.4 Å². The Morgan fingerprint density at radius 3 is 2.44 bits per heavy atom. The van der Waals surface area contributed by atoms with Crippen molar-refractivity contribution in [1.82, 2.24) is 15.2 Å². The van der Waals surface area contributed by atoms with Gasteiger partial charge in [-0.3, -0.25) is 18.9 Å². The number of aromatic nitrogens is 1. The van der Waals surface area contributed by atoms with Crippen LogP contribution in [0.1, 0.15) is 38.5 Å². The predicted molar refractivity (Wildman–Crippen MR) is 117 cm³/mol. The van der Waals surface area contributed by atoms with E-state index in [2.05, 4.69) is 10.3 Å². The van der Waals surface area contributed by atoms with Crippen LogP contribution in [0.25, 0.3) is 0 Å². The lowest BCUT2D eigenvalue weighted by Gasteiger charge is -2.33. The minimum absolute atomic E-state index is 0.0757. The van der Waals surface area contributed by atoms with Crippen molar-refractivity contribution in [3.05, 3.63) is 24.4 Å². The maximum Gasteiger partial charge on any atom is 0.348 e. The van der Waals surface area contributed by atoms with Crippen LogP contribution in [0.2, 0.25) is 0 Å². The highest BCUT2D eigenvalue weighted by Crippen LogP contribution is 2.33. The van der Waals surface area contributed by atoms with Crippen molar-refractivity contribution in [3.8, 4) is 0 Å². The van der Waals surface area contributed by atoms with Crippen molar-refractivity contribution in [2.75, 3.05) is 12.3 Å². The third kappa shape index (κ3) is 6.43. The Balaban J connectivity index is 1.80. The Bertz CT molecular complexity index is 941. The van der Waals surface area contributed by atoms with Crippen LogP contribution in [0.5, 0.6) is 0 Å². The van der Waals surface area contributed by atoms with Gasteiger partial charge in [0.15, 0.2) is 0 Å². The summed E-state index contributed by atoms with van der Waals surface area (Å²) in [5.41, 5.74) is 0. The van der Waals surface area contributed by atoms with E-state index < -0.39 is 39.2 Å². The number of carbonyl (C=O) groups excluding carboxylic acids is 3. The number of carbonyl (C=O) groups is 4. The number of carboxylic acid groups (broad SMARTS) is 1. The Morgan fingerprint density at radius 1 is 1.19 bits per heavy atom. The number of likely N-dealkylation sites (tertiary alicyclic amines) is 1. The number of hydrogen-bond donors (Lipinski definition) is 3. The number of hydrogen-bond acceptors (Lipinski definition) is 9. The van der Waals surface area contributed by atoms with E-state index in [1.165, 1.54) is 21.6 Å². The molecule has 32 heavy (non-hydrogen) atoms. The van der Waals surface area contributed by atoms with Crippen molar-refractivity contribution in [2.45, 2.75) is 48.4 Å². The molecule has 0 aromatic carbocycles.